The fourth-order valence-corrected chi connectivity index (χ4v) is 1.89. The molecule has 3 rings (SSSR count). The summed E-state index contributed by atoms with van der Waals surface area (Å²) in [7, 11) is 0. The molecule has 15 heavy (non-hydrogen) atoms. The highest BCUT2D eigenvalue weighted by Crippen LogP contribution is 2.39. The van der Waals surface area contributed by atoms with Gasteiger partial charge in [0.1, 0.15) is 5.65 Å². The summed E-state index contributed by atoms with van der Waals surface area (Å²) in [6.07, 6.45) is 7.10. The van der Waals surface area contributed by atoms with Crippen LogP contribution in [-0.4, -0.2) is 9.38 Å². The SMILES string of the molecule is N#CCc1cn2cc(C3CC3)ccc2n1. The van der Waals surface area contributed by atoms with E-state index >= 15 is 0 Å². The van der Waals surface area contributed by atoms with E-state index in [-0.39, 0.29) is 0 Å². The number of pyridine rings is 1. The van der Waals surface area contributed by atoms with Crippen molar-refractivity contribution in [1.82, 2.24) is 9.38 Å². The lowest BCUT2D eigenvalue weighted by molar-refractivity contribution is 1.06. The zero-order valence-electron chi connectivity index (χ0n) is 8.35. The van der Waals surface area contributed by atoms with Crippen molar-refractivity contribution in [2.75, 3.05) is 0 Å². The van der Waals surface area contributed by atoms with Crippen molar-refractivity contribution in [2.24, 2.45) is 0 Å². The summed E-state index contributed by atoms with van der Waals surface area (Å²) in [5.41, 5.74) is 3.18. The zero-order valence-corrected chi connectivity index (χ0v) is 8.35. The first-order valence-electron chi connectivity index (χ1n) is 5.21. The van der Waals surface area contributed by atoms with Gasteiger partial charge >= 0.3 is 0 Å². The van der Waals surface area contributed by atoms with Gasteiger partial charge in [-0.2, -0.15) is 5.26 Å². The third-order valence-corrected chi connectivity index (χ3v) is 2.83. The predicted octanol–water partition coefficient (Wildman–Crippen LogP) is 2.28. The van der Waals surface area contributed by atoms with Gasteiger partial charge in [-0.15, -0.1) is 0 Å². The van der Waals surface area contributed by atoms with E-state index in [1.54, 1.807) is 0 Å². The molecular formula is C12H11N3. The van der Waals surface area contributed by atoms with Gasteiger partial charge in [-0.3, -0.25) is 0 Å². The van der Waals surface area contributed by atoms with Gasteiger partial charge in [0.05, 0.1) is 18.2 Å². The zero-order chi connectivity index (χ0) is 10.3. The minimum Gasteiger partial charge on any atom is -0.306 e. The number of hydrogen-bond acceptors (Lipinski definition) is 2. The highest BCUT2D eigenvalue weighted by atomic mass is 15.0. The van der Waals surface area contributed by atoms with Crippen molar-refractivity contribution in [3.63, 3.8) is 0 Å². The molecule has 0 bridgehead atoms. The molecule has 0 saturated heterocycles. The second kappa shape index (κ2) is 3.09. The molecule has 3 heteroatoms. The molecule has 0 N–H and O–H groups in total. The number of aromatic nitrogens is 2. The quantitative estimate of drug-likeness (QED) is 0.741. The molecule has 74 valence electrons. The fraction of sp³-hybridized carbons (Fsp3) is 0.333. The minimum absolute atomic E-state index is 0.389. The third-order valence-electron chi connectivity index (χ3n) is 2.83. The molecule has 0 spiro atoms. The summed E-state index contributed by atoms with van der Waals surface area (Å²) in [4.78, 5) is 4.36. The number of nitrogens with zero attached hydrogens (tertiary/aromatic N) is 3. The largest absolute Gasteiger partial charge is 0.306 e. The Labute approximate surface area is 88.0 Å². The molecule has 1 aliphatic rings. The molecular weight excluding hydrogens is 186 g/mol. The average Bonchev–Trinajstić information content (AvgIpc) is 2.99. The minimum atomic E-state index is 0.389. The van der Waals surface area contributed by atoms with Gasteiger partial charge in [-0.05, 0) is 30.4 Å². The van der Waals surface area contributed by atoms with Crippen LogP contribution in [0.5, 0.6) is 0 Å². The maximum Gasteiger partial charge on any atom is 0.137 e. The van der Waals surface area contributed by atoms with E-state index in [4.69, 9.17) is 5.26 Å². The summed E-state index contributed by atoms with van der Waals surface area (Å²) >= 11 is 0. The van der Waals surface area contributed by atoms with Crippen molar-refractivity contribution in [3.8, 4) is 6.07 Å². The van der Waals surface area contributed by atoms with E-state index in [9.17, 15) is 0 Å². The van der Waals surface area contributed by atoms with Gasteiger partial charge in [0.25, 0.3) is 0 Å². The maximum atomic E-state index is 8.60. The van der Waals surface area contributed by atoms with E-state index in [0.717, 1.165) is 17.3 Å². The smallest absolute Gasteiger partial charge is 0.137 e. The van der Waals surface area contributed by atoms with Crippen molar-refractivity contribution in [3.05, 3.63) is 35.8 Å². The maximum absolute atomic E-state index is 8.60. The fourth-order valence-electron chi connectivity index (χ4n) is 1.89. The first-order valence-corrected chi connectivity index (χ1v) is 5.21. The molecule has 2 aromatic rings. The number of fused-ring (bicyclic) bond motifs is 1. The molecule has 1 aliphatic carbocycles. The van der Waals surface area contributed by atoms with Gasteiger partial charge in [0.15, 0.2) is 0 Å². The van der Waals surface area contributed by atoms with E-state index in [1.165, 1.54) is 18.4 Å². The summed E-state index contributed by atoms with van der Waals surface area (Å²) in [6, 6.07) is 6.30. The van der Waals surface area contributed by atoms with E-state index in [2.05, 4.69) is 23.3 Å². The first kappa shape index (κ1) is 8.49. The highest BCUT2D eigenvalue weighted by molar-refractivity contribution is 5.43. The molecule has 0 amide bonds. The average molecular weight is 197 g/mol. The second-order valence-corrected chi connectivity index (χ2v) is 4.07. The van der Waals surface area contributed by atoms with Gasteiger partial charge in [-0.1, -0.05) is 6.07 Å². The van der Waals surface area contributed by atoms with Crippen LogP contribution in [0.1, 0.15) is 30.0 Å². The van der Waals surface area contributed by atoms with Crippen molar-refractivity contribution in [1.29, 1.82) is 5.26 Å². The second-order valence-electron chi connectivity index (χ2n) is 4.07. The van der Waals surface area contributed by atoms with Gasteiger partial charge in [-0.25, -0.2) is 4.98 Å². The lowest BCUT2D eigenvalue weighted by Gasteiger charge is -1.98. The van der Waals surface area contributed by atoms with Gasteiger partial charge in [0, 0.05) is 12.4 Å². The Morgan fingerprint density at radius 2 is 2.27 bits per heavy atom. The molecule has 0 unspecified atom stereocenters. The molecule has 2 heterocycles. The monoisotopic (exact) mass is 197 g/mol. The molecule has 1 fully saturated rings. The molecule has 2 aromatic heterocycles. The van der Waals surface area contributed by atoms with Crippen molar-refractivity contribution in [2.45, 2.75) is 25.2 Å². The standard InChI is InChI=1S/C12H11N3/c13-6-5-11-8-15-7-10(9-1-2-9)3-4-12(15)14-11/h3-4,7-9H,1-2,5H2. The third kappa shape index (κ3) is 1.48. The van der Waals surface area contributed by atoms with Crippen LogP contribution in [0.3, 0.4) is 0 Å². The first-order chi connectivity index (χ1) is 7.36. The van der Waals surface area contributed by atoms with Crippen molar-refractivity contribution >= 4 is 5.65 Å². The Kier molecular flexibility index (Phi) is 1.75. The highest BCUT2D eigenvalue weighted by Gasteiger charge is 2.23. The van der Waals surface area contributed by atoms with Gasteiger partial charge in [0.2, 0.25) is 0 Å². The van der Waals surface area contributed by atoms with Crippen LogP contribution in [0.15, 0.2) is 24.5 Å². The molecule has 0 aliphatic heterocycles. The van der Waals surface area contributed by atoms with Crippen LogP contribution < -0.4 is 0 Å². The molecule has 0 atom stereocenters. The normalized spacial score (nSPS) is 15.4. The van der Waals surface area contributed by atoms with Crippen LogP contribution >= 0.6 is 0 Å². The molecule has 3 nitrogen and oxygen atoms in total. The van der Waals surface area contributed by atoms with Crippen LogP contribution in [0.25, 0.3) is 5.65 Å². The predicted molar refractivity (Wildman–Crippen MR) is 56.5 cm³/mol. The van der Waals surface area contributed by atoms with Crippen LogP contribution in [0, 0.1) is 11.3 Å². The Bertz CT molecular complexity index is 543. The molecule has 1 saturated carbocycles. The number of rotatable bonds is 2. The lowest BCUT2D eigenvalue weighted by Crippen LogP contribution is -1.86. The van der Waals surface area contributed by atoms with E-state index in [0.29, 0.717) is 6.42 Å². The molecule has 0 radical (unpaired) electrons. The number of imidazole rings is 1. The van der Waals surface area contributed by atoms with E-state index in [1.807, 2.05) is 16.7 Å². The van der Waals surface area contributed by atoms with Crippen LogP contribution in [-0.2, 0) is 6.42 Å². The Morgan fingerprint density at radius 1 is 1.40 bits per heavy atom. The Balaban J connectivity index is 2.06. The summed E-state index contributed by atoms with van der Waals surface area (Å²) in [5.74, 6) is 0.760. The summed E-state index contributed by atoms with van der Waals surface area (Å²) in [6.45, 7) is 0. The Morgan fingerprint density at radius 3 is 3.00 bits per heavy atom. The number of nitriles is 1. The summed E-state index contributed by atoms with van der Waals surface area (Å²) in [5, 5.41) is 8.60. The topological polar surface area (TPSA) is 41.1 Å². The Hall–Kier alpha value is -1.82. The summed E-state index contributed by atoms with van der Waals surface area (Å²) < 4.78 is 2.03. The lowest BCUT2D eigenvalue weighted by atomic mass is 10.2. The van der Waals surface area contributed by atoms with Gasteiger partial charge < -0.3 is 4.40 Å². The van der Waals surface area contributed by atoms with Crippen LogP contribution in [0.2, 0.25) is 0 Å². The van der Waals surface area contributed by atoms with E-state index < -0.39 is 0 Å². The van der Waals surface area contributed by atoms with Crippen molar-refractivity contribution < 1.29 is 0 Å². The molecule has 0 aromatic carbocycles. The van der Waals surface area contributed by atoms with Crippen LogP contribution in [0.4, 0.5) is 0 Å². The number of hydrogen-bond donors (Lipinski definition) is 0.